The SMILES string of the molecule is C[C@@H]1CN(c2ccccc2NC(=O)NC[C@H](CN(C)C)[C@H](O)c2ccccc2)C[C@H](C)O1. The largest absolute Gasteiger partial charge is 0.388 e. The van der Waals surface area contributed by atoms with E-state index in [1.165, 1.54) is 0 Å². The van der Waals surface area contributed by atoms with Gasteiger partial charge in [-0.25, -0.2) is 4.79 Å². The Balaban J connectivity index is 1.64. The summed E-state index contributed by atoms with van der Waals surface area (Å²) in [6, 6.07) is 17.1. The maximum absolute atomic E-state index is 12.8. The molecule has 32 heavy (non-hydrogen) atoms. The molecule has 1 aliphatic heterocycles. The molecule has 1 fully saturated rings. The first-order valence-corrected chi connectivity index (χ1v) is 11.3. The van der Waals surface area contributed by atoms with Crippen molar-refractivity contribution in [3.63, 3.8) is 0 Å². The van der Waals surface area contributed by atoms with Crippen molar-refractivity contribution >= 4 is 17.4 Å². The first-order valence-electron chi connectivity index (χ1n) is 11.3. The molecule has 7 heteroatoms. The van der Waals surface area contributed by atoms with Gasteiger partial charge in [0.2, 0.25) is 0 Å². The van der Waals surface area contributed by atoms with Gasteiger partial charge in [-0.1, -0.05) is 42.5 Å². The summed E-state index contributed by atoms with van der Waals surface area (Å²) >= 11 is 0. The summed E-state index contributed by atoms with van der Waals surface area (Å²) in [6.07, 6.45) is -0.402. The number of rotatable bonds is 8. The Labute approximate surface area is 191 Å². The predicted molar refractivity (Wildman–Crippen MR) is 129 cm³/mol. The standard InChI is InChI=1S/C25H36N4O3/c1-18-15-29(16-19(2)32-18)23-13-9-8-12-22(23)27-25(31)26-14-21(17-28(3)4)24(30)20-10-6-5-7-11-20/h5-13,18-19,21,24,30H,14-17H2,1-4H3,(H2,26,27,31)/t18-,19+,21-,24-/m1/s1. The predicted octanol–water partition coefficient (Wildman–Crippen LogP) is 3.33. The summed E-state index contributed by atoms with van der Waals surface area (Å²) in [5.41, 5.74) is 2.60. The molecule has 1 heterocycles. The first-order chi connectivity index (χ1) is 15.3. The van der Waals surface area contributed by atoms with Crippen LogP contribution in [0, 0.1) is 5.92 Å². The number of aliphatic hydroxyl groups excluding tert-OH is 1. The minimum absolute atomic E-state index is 0.131. The number of carbonyl (C=O) groups is 1. The van der Waals surface area contributed by atoms with Crippen LogP contribution in [0.5, 0.6) is 0 Å². The van der Waals surface area contributed by atoms with E-state index in [4.69, 9.17) is 4.74 Å². The van der Waals surface area contributed by atoms with Gasteiger partial charge in [-0.15, -0.1) is 0 Å². The van der Waals surface area contributed by atoms with Gasteiger partial charge in [0.15, 0.2) is 0 Å². The number of nitrogens with one attached hydrogen (secondary N) is 2. The van der Waals surface area contributed by atoms with E-state index in [2.05, 4.69) is 29.4 Å². The normalized spacial score (nSPS) is 20.6. The zero-order chi connectivity index (χ0) is 23.1. The second-order valence-corrected chi connectivity index (χ2v) is 8.89. The van der Waals surface area contributed by atoms with Crippen LogP contribution >= 0.6 is 0 Å². The molecule has 2 amide bonds. The fourth-order valence-corrected chi connectivity index (χ4v) is 4.29. The Kier molecular flexibility index (Phi) is 8.50. The molecule has 0 aromatic heterocycles. The van der Waals surface area contributed by atoms with Crippen molar-refractivity contribution in [2.45, 2.75) is 32.2 Å². The van der Waals surface area contributed by atoms with Crippen LogP contribution in [0.4, 0.5) is 16.2 Å². The third-order valence-electron chi connectivity index (χ3n) is 5.62. The van der Waals surface area contributed by atoms with Crippen LogP contribution in [0.25, 0.3) is 0 Å². The second kappa shape index (κ2) is 11.3. The quantitative estimate of drug-likeness (QED) is 0.587. The van der Waals surface area contributed by atoms with Gasteiger partial charge in [-0.05, 0) is 45.6 Å². The lowest BCUT2D eigenvalue weighted by Gasteiger charge is -2.37. The van der Waals surface area contributed by atoms with Crippen LogP contribution in [-0.4, -0.2) is 68.5 Å². The highest BCUT2D eigenvalue weighted by Gasteiger charge is 2.25. The lowest BCUT2D eigenvalue weighted by atomic mass is 9.95. The van der Waals surface area contributed by atoms with E-state index in [-0.39, 0.29) is 24.2 Å². The van der Waals surface area contributed by atoms with Crippen molar-refractivity contribution in [1.82, 2.24) is 10.2 Å². The zero-order valence-corrected chi connectivity index (χ0v) is 19.5. The molecule has 0 bridgehead atoms. The van der Waals surface area contributed by atoms with Gasteiger partial charge in [0.25, 0.3) is 0 Å². The number of anilines is 2. The Bertz CT molecular complexity index is 851. The molecule has 2 aromatic carbocycles. The van der Waals surface area contributed by atoms with E-state index in [1.807, 2.05) is 73.6 Å². The summed E-state index contributed by atoms with van der Waals surface area (Å²) in [5.74, 6) is -0.144. The molecule has 0 aliphatic carbocycles. The van der Waals surface area contributed by atoms with Gasteiger partial charge in [0.1, 0.15) is 0 Å². The number of amides is 2. The van der Waals surface area contributed by atoms with Crippen LogP contribution in [0.1, 0.15) is 25.5 Å². The zero-order valence-electron chi connectivity index (χ0n) is 19.5. The molecule has 0 saturated carbocycles. The summed E-state index contributed by atoms with van der Waals surface area (Å²) < 4.78 is 5.85. The van der Waals surface area contributed by atoms with E-state index in [0.29, 0.717) is 13.1 Å². The number of aliphatic hydroxyl groups is 1. The number of hydrogen-bond acceptors (Lipinski definition) is 5. The van der Waals surface area contributed by atoms with Gasteiger partial charge in [0, 0.05) is 32.1 Å². The minimum atomic E-state index is -0.664. The molecule has 3 N–H and O–H groups in total. The number of benzene rings is 2. The van der Waals surface area contributed by atoms with Crippen LogP contribution in [0.2, 0.25) is 0 Å². The number of ether oxygens (including phenoxy) is 1. The fraction of sp³-hybridized carbons (Fsp3) is 0.480. The summed E-state index contributed by atoms with van der Waals surface area (Å²) in [7, 11) is 3.93. The number of morpholine rings is 1. The Morgan fingerprint density at radius 1 is 1.09 bits per heavy atom. The molecule has 4 atom stereocenters. The second-order valence-electron chi connectivity index (χ2n) is 8.89. The van der Waals surface area contributed by atoms with Crippen molar-refractivity contribution in [3.05, 3.63) is 60.2 Å². The van der Waals surface area contributed by atoms with Gasteiger partial charge >= 0.3 is 6.03 Å². The summed E-state index contributed by atoms with van der Waals surface area (Å²) in [6.45, 7) is 6.69. The highest BCUT2D eigenvalue weighted by Crippen LogP contribution is 2.28. The maximum atomic E-state index is 12.8. The molecule has 0 radical (unpaired) electrons. The Morgan fingerprint density at radius 3 is 2.38 bits per heavy atom. The molecule has 7 nitrogen and oxygen atoms in total. The molecule has 0 spiro atoms. The van der Waals surface area contributed by atoms with Crippen LogP contribution in [-0.2, 0) is 4.74 Å². The van der Waals surface area contributed by atoms with Crippen LogP contribution in [0.3, 0.4) is 0 Å². The van der Waals surface area contributed by atoms with E-state index in [9.17, 15) is 9.90 Å². The average Bonchev–Trinajstić information content (AvgIpc) is 2.76. The molecule has 2 aromatic rings. The highest BCUT2D eigenvalue weighted by molar-refractivity contribution is 5.93. The lowest BCUT2D eigenvalue weighted by Crippen LogP contribution is -2.46. The lowest BCUT2D eigenvalue weighted by molar-refractivity contribution is -0.00517. The number of para-hydroxylation sites is 2. The van der Waals surface area contributed by atoms with Crippen LogP contribution in [0.15, 0.2) is 54.6 Å². The fourth-order valence-electron chi connectivity index (χ4n) is 4.29. The summed E-state index contributed by atoms with van der Waals surface area (Å²) in [5, 5.41) is 16.8. The van der Waals surface area contributed by atoms with Gasteiger partial charge in [-0.2, -0.15) is 0 Å². The number of hydrogen-bond donors (Lipinski definition) is 3. The highest BCUT2D eigenvalue weighted by atomic mass is 16.5. The van der Waals surface area contributed by atoms with E-state index in [1.54, 1.807) is 0 Å². The van der Waals surface area contributed by atoms with Gasteiger partial charge < -0.3 is 30.3 Å². The van der Waals surface area contributed by atoms with E-state index < -0.39 is 6.10 Å². The van der Waals surface area contributed by atoms with Crippen molar-refractivity contribution in [1.29, 1.82) is 0 Å². The van der Waals surface area contributed by atoms with E-state index >= 15 is 0 Å². The van der Waals surface area contributed by atoms with Gasteiger partial charge in [0.05, 0.1) is 29.7 Å². The third kappa shape index (κ3) is 6.69. The molecule has 1 saturated heterocycles. The molecule has 1 aliphatic rings. The number of nitrogens with zero attached hydrogens (tertiary/aromatic N) is 2. The molecular weight excluding hydrogens is 404 g/mol. The van der Waals surface area contributed by atoms with Crippen molar-refractivity contribution in [2.75, 3.05) is 50.5 Å². The number of carbonyl (C=O) groups excluding carboxylic acids is 1. The van der Waals surface area contributed by atoms with Gasteiger partial charge in [-0.3, -0.25) is 0 Å². The van der Waals surface area contributed by atoms with Crippen molar-refractivity contribution in [2.24, 2.45) is 5.92 Å². The third-order valence-corrected chi connectivity index (χ3v) is 5.62. The molecule has 0 unspecified atom stereocenters. The maximum Gasteiger partial charge on any atom is 0.319 e. The van der Waals surface area contributed by atoms with E-state index in [0.717, 1.165) is 30.0 Å². The van der Waals surface area contributed by atoms with Crippen LogP contribution < -0.4 is 15.5 Å². The topological polar surface area (TPSA) is 77.1 Å². The molecule has 3 rings (SSSR count). The Morgan fingerprint density at radius 2 is 1.72 bits per heavy atom. The average molecular weight is 441 g/mol. The monoisotopic (exact) mass is 440 g/mol. The smallest absolute Gasteiger partial charge is 0.319 e. The molecule has 174 valence electrons. The summed E-state index contributed by atoms with van der Waals surface area (Å²) in [4.78, 5) is 17.0. The minimum Gasteiger partial charge on any atom is -0.388 e. The van der Waals surface area contributed by atoms with Crippen molar-refractivity contribution < 1.29 is 14.6 Å². The number of urea groups is 1. The molecular formula is C25H36N4O3. The van der Waals surface area contributed by atoms with Crippen molar-refractivity contribution in [3.8, 4) is 0 Å². The Hall–Kier alpha value is -2.61. The first kappa shape index (κ1) is 24.0.